The van der Waals surface area contributed by atoms with E-state index in [1.165, 1.54) is 16.9 Å². The summed E-state index contributed by atoms with van der Waals surface area (Å²) in [5, 5.41) is 2.75. The Hall–Kier alpha value is -2.17. The summed E-state index contributed by atoms with van der Waals surface area (Å²) >= 11 is 8.31. The van der Waals surface area contributed by atoms with E-state index in [1.807, 2.05) is 29.3 Å². The van der Waals surface area contributed by atoms with Crippen molar-refractivity contribution in [3.05, 3.63) is 64.3 Å². The topological polar surface area (TPSA) is 33.2 Å². The zero-order chi connectivity index (χ0) is 21.1. The van der Waals surface area contributed by atoms with Crippen LogP contribution in [-0.2, 0) is 6.42 Å². The number of hydrogen-bond donors (Lipinski definition) is 0. The third kappa shape index (κ3) is 4.76. The molecule has 1 amide bonds. The lowest BCUT2D eigenvalue weighted by atomic mass is 10.0. The third-order valence-corrected chi connectivity index (χ3v) is 6.78. The molecular formula is C25H27ClN2OS. The van der Waals surface area contributed by atoms with E-state index in [9.17, 15) is 4.79 Å². The van der Waals surface area contributed by atoms with Gasteiger partial charge in [0, 0.05) is 46.0 Å². The smallest absolute Gasteiger partial charge is 0.253 e. The van der Waals surface area contributed by atoms with Gasteiger partial charge in [-0.05, 0) is 78.4 Å². The number of aromatic nitrogens is 1. The zero-order valence-corrected chi connectivity index (χ0v) is 19.1. The monoisotopic (exact) mass is 438 g/mol. The molecule has 3 aromatic rings. The fraction of sp³-hybridized carbons (Fsp3) is 0.360. The van der Waals surface area contributed by atoms with Crippen LogP contribution in [0.15, 0.2) is 48.0 Å². The van der Waals surface area contributed by atoms with Gasteiger partial charge in [0.25, 0.3) is 5.91 Å². The number of nitrogens with zero attached hydrogens (tertiary/aromatic N) is 2. The summed E-state index contributed by atoms with van der Waals surface area (Å²) in [4.78, 5) is 20.4. The van der Waals surface area contributed by atoms with E-state index in [0.29, 0.717) is 16.5 Å². The fourth-order valence-corrected chi connectivity index (χ4v) is 5.15. The van der Waals surface area contributed by atoms with Gasteiger partial charge in [0.1, 0.15) is 0 Å². The van der Waals surface area contributed by atoms with Gasteiger partial charge in [-0.25, -0.2) is 0 Å². The van der Waals surface area contributed by atoms with Crippen LogP contribution in [0.5, 0.6) is 0 Å². The largest absolute Gasteiger partial charge is 0.339 e. The van der Waals surface area contributed by atoms with E-state index in [0.717, 1.165) is 49.2 Å². The van der Waals surface area contributed by atoms with E-state index in [-0.39, 0.29) is 5.91 Å². The van der Waals surface area contributed by atoms with Crippen LogP contribution in [0.1, 0.15) is 49.2 Å². The Morgan fingerprint density at radius 2 is 1.90 bits per heavy atom. The fourth-order valence-electron chi connectivity index (χ4n) is 3.95. The predicted molar refractivity (Wildman–Crippen MR) is 126 cm³/mol. The van der Waals surface area contributed by atoms with Crippen LogP contribution in [0.25, 0.3) is 21.6 Å². The summed E-state index contributed by atoms with van der Waals surface area (Å²) in [6.07, 6.45) is 6.25. The summed E-state index contributed by atoms with van der Waals surface area (Å²) in [6.45, 7) is 6.10. The Labute approximate surface area is 187 Å². The molecule has 1 aromatic carbocycles. The molecule has 1 aliphatic rings. The highest BCUT2D eigenvalue weighted by atomic mass is 35.5. The van der Waals surface area contributed by atoms with Crippen molar-refractivity contribution in [2.45, 2.75) is 39.5 Å². The lowest BCUT2D eigenvalue weighted by Crippen LogP contribution is -2.35. The van der Waals surface area contributed by atoms with Crippen molar-refractivity contribution in [1.82, 2.24) is 9.88 Å². The van der Waals surface area contributed by atoms with Crippen molar-refractivity contribution in [2.24, 2.45) is 5.92 Å². The maximum atomic E-state index is 12.8. The number of carbonyl (C=O) groups excluding carboxylic acids is 1. The predicted octanol–water partition coefficient (Wildman–Crippen LogP) is 6.96. The van der Waals surface area contributed by atoms with Gasteiger partial charge in [0.15, 0.2) is 0 Å². The van der Waals surface area contributed by atoms with Crippen LogP contribution in [0, 0.1) is 5.92 Å². The highest BCUT2D eigenvalue weighted by molar-refractivity contribution is 7.14. The van der Waals surface area contributed by atoms with Crippen molar-refractivity contribution < 1.29 is 4.79 Å². The Bertz CT molecular complexity index is 1040. The summed E-state index contributed by atoms with van der Waals surface area (Å²) in [7, 11) is 0. The van der Waals surface area contributed by atoms with E-state index >= 15 is 0 Å². The standard InChI is InChI=1S/C25H27ClN2OS/c1-17(2)12-21-13-18(8-9-27-21)24-15-20(16-30-24)22-7-6-19(14-23(22)26)25(29)28-10-4-3-5-11-28/h6-9,13-17H,3-5,10-12H2,1-2H3. The van der Waals surface area contributed by atoms with Crippen LogP contribution in [0.3, 0.4) is 0 Å². The lowest BCUT2D eigenvalue weighted by Gasteiger charge is -2.26. The number of rotatable bonds is 5. The van der Waals surface area contributed by atoms with Gasteiger partial charge in [0.2, 0.25) is 0 Å². The second-order valence-electron chi connectivity index (χ2n) is 8.38. The quantitative estimate of drug-likeness (QED) is 0.431. The molecule has 0 N–H and O–H groups in total. The van der Waals surface area contributed by atoms with Gasteiger partial charge in [-0.2, -0.15) is 0 Å². The molecule has 5 heteroatoms. The first kappa shape index (κ1) is 21.1. The van der Waals surface area contributed by atoms with Crippen molar-refractivity contribution >= 4 is 28.8 Å². The van der Waals surface area contributed by atoms with Crippen LogP contribution in [0.4, 0.5) is 0 Å². The van der Waals surface area contributed by atoms with Crippen molar-refractivity contribution in [3.63, 3.8) is 0 Å². The van der Waals surface area contributed by atoms with Gasteiger partial charge >= 0.3 is 0 Å². The molecule has 0 atom stereocenters. The molecular weight excluding hydrogens is 412 g/mol. The molecule has 0 radical (unpaired) electrons. The number of halogens is 1. The van der Waals surface area contributed by atoms with Gasteiger partial charge in [0.05, 0.1) is 0 Å². The SMILES string of the molecule is CC(C)Cc1cc(-c2cc(-c3ccc(C(=O)N4CCCCC4)cc3Cl)cs2)ccn1. The molecule has 30 heavy (non-hydrogen) atoms. The van der Waals surface area contributed by atoms with Crippen molar-refractivity contribution in [3.8, 4) is 21.6 Å². The van der Waals surface area contributed by atoms with Crippen molar-refractivity contribution in [2.75, 3.05) is 13.1 Å². The molecule has 0 spiro atoms. The molecule has 3 nitrogen and oxygen atoms in total. The average molecular weight is 439 g/mol. The van der Waals surface area contributed by atoms with Gasteiger partial charge in [-0.1, -0.05) is 31.5 Å². The second-order valence-corrected chi connectivity index (χ2v) is 9.70. The highest BCUT2D eigenvalue weighted by Crippen LogP contribution is 2.36. The first-order valence-electron chi connectivity index (χ1n) is 10.6. The molecule has 1 saturated heterocycles. The van der Waals surface area contributed by atoms with E-state index in [4.69, 9.17) is 11.6 Å². The molecule has 0 saturated carbocycles. The van der Waals surface area contributed by atoms with E-state index in [1.54, 1.807) is 11.3 Å². The molecule has 4 rings (SSSR count). The lowest BCUT2D eigenvalue weighted by molar-refractivity contribution is 0.0724. The number of piperidine rings is 1. The molecule has 1 fully saturated rings. The molecule has 156 valence electrons. The minimum absolute atomic E-state index is 0.0867. The highest BCUT2D eigenvalue weighted by Gasteiger charge is 2.19. The maximum Gasteiger partial charge on any atom is 0.253 e. The molecule has 0 unspecified atom stereocenters. The molecule has 1 aliphatic heterocycles. The van der Waals surface area contributed by atoms with Crippen molar-refractivity contribution in [1.29, 1.82) is 0 Å². The van der Waals surface area contributed by atoms with Crippen LogP contribution in [0.2, 0.25) is 5.02 Å². The number of hydrogen-bond acceptors (Lipinski definition) is 3. The van der Waals surface area contributed by atoms with E-state index in [2.05, 4.69) is 42.4 Å². The normalized spacial score (nSPS) is 14.3. The maximum absolute atomic E-state index is 12.8. The summed E-state index contributed by atoms with van der Waals surface area (Å²) < 4.78 is 0. The molecule has 0 aliphatic carbocycles. The Morgan fingerprint density at radius 1 is 1.10 bits per heavy atom. The third-order valence-electron chi connectivity index (χ3n) is 5.49. The number of benzene rings is 1. The number of thiophene rings is 1. The van der Waals surface area contributed by atoms with Crippen LogP contribution < -0.4 is 0 Å². The van der Waals surface area contributed by atoms with Gasteiger partial charge in [-0.15, -0.1) is 11.3 Å². The second kappa shape index (κ2) is 9.32. The van der Waals surface area contributed by atoms with Gasteiger partial charge < -0.3 is 4.90 Å². The Morgan fingerprint density at radius 3 is 2.63 bits per heavy atom. The zero-order valence-electron chi connectivity index (χ0n) is 17.5. The van der Waals surface area contributed by atoms with E-state index < -0.39 is 0 Å². The number of amides is 1. The van der Waals surface area contributed by atoms with Gasteiger partial charge in [-0.3, -0.25) is 9.78 Å². The van der Waals surface area contributed by atoms with Crippen LogP contribution >= 0.6 is 22.9 Å². The number of likely N-dealkylation sites (tertiary alicyclic amines) is 1. The Balaban J connectivity index is 1.55. The minimum atomic E-state index is 0.0867. The number of carbonyl (C=O) groups is 1. The number of pyridine rings is 1. The molecule has 0 bridgehead atoms. The Kier molecular flexibility index (Phi) is 6.55. The summed E-state index contributed by atoms with van der Waals surface area (Å²) in [6, 6.07) is 12.1. The van der Waals surface area contributed by atoms with Crippen LogP contribution in [-0.4, -0.2) is 28.9 Å². The molecule has 3 heterocycles. The first-order chi connectivity index (χ1) is 14.5. The molecule has 2 aromatic heterocycles. The first-order valence-corrected chi connectivity index (χ1v) is 11.9. The minimum Gasteiger partial charge on any atom is -0.339 e. The average Bonchev–Trinajstić information content (AvgIpc) is 3.23. The summed E-state index contributed by atoms with van der Waals surface area (Å²) in [5.74, 6) is 0.667. The summed E-state index contributed by atoms with van der Waals surface area (Å²) in [5.41, 5.74) is 5.03.